The van der Waals surface area contributed by atoms with Crippen LogP contribution in [0, 0.1) is 0 Å². The first kappa shape index (κ1) is 17.6. The first-order valence-electron chi connectivity index (χ1n) is 8.04. The smallest absolute Gasteiger partial charge is 0.220 e. The lowest BCUT2D eigenvalue weighted by atomic mass is 10.1. The summed E-state index contributed by atoms with van der Waals surface area (Å²) >= 11 is 7.80. The molecule has 0 bridgehead atoms. The van der Waals surface area contributed by atoms with Gasteiger partial charge >= 0.3 is 0 Å². The minimum atomic E-state index is 0.152. The van der Waals surface area contributed by atoms with Crippen LogP contribution in [0.15, 0.2) is 24.3 Å². The molecule has 1 fully saturated rings. The Hall–Kier alpha value is -0.710. The molecule has 1 aromatic rings. The summed E-state index contributed by atoms with van der Waals surface area (Å²) in [5, 5.41) is 3.86. The Bertz CT molecular complexity index is 460. The number of rotatable bonds is 8. The van der Waals surface area contributed by atoms with Crippen molar-refractivity contribution in [3.8, 4) is 0 Å². The van der Waals surface area contributed by atoms with Gasteiger partial charge in [0, 0.05) is 23.7 Å². The van der Waals surface area contributed by atoms with Crippen LogP contribution < -0.4 is 5.32 Å². The lowest BCUT2D eigenvalue weighted by Crippen LogP contribution is -2.36. The average Bonchev–Trinajstić information content (AvgIpc) is 3.04. The normalized spacial score (nSPS) is 16.6. The monoisotopic (exact) mass is 340 g/mol. The van der Waals surface area contributed by atoms with Crippen LogP contribution in [0.5, 0.6) is 0 Å². The van der Waals surface area contributed by atoms with Crippen LogP contribution in [-0.4, -0.2) is 41.9 Å². The topological polar surface area (TPSA) is 32.3 Å². The van der Waals surface area contributed by atoms with Crippen LogP contribution in [0.1, 0.15) is 37.8 Å². The van der Waals surface area contributed by atoms with Crippen molar-refractivity contribution in [3.05, 3.63) is 34.9 Å². The van der Waals surface area contributed by atoms with E-state index in [1.165, 1.54) is 18.4 Å². The summed E-state index contributed by atoms with van der Waals surface area (Å²) in [5.41, 5.74) is 1.23. The molecule has 1 aliphatic rings. The van der Waals surface area contributed by atoms with Crippen molar-refractivity contribution in [1.82, 2.24) is 10.2 Å². The van der Waals surface area contributed by atoms with Gasteiger partial charge in [0.15, 0.2) is 0 Å². The van der Waals surface area contributed by atoms with E-state index in [2.05, 4.69) is 29.3 Å². The zero-order valence-electron chi connectivity index (χ0n) is 13.2. The Kier molecular flexibility index (Phi) is 7.56. The van der Waals surface area contributed by atoms with E-state index < -0.39 is 0 Å². The first-order valence-corrected chi connectivity index (χ1v) is 9.58. The number of likely N-dealkylation sites (tertiary alicyclic amines) is 1. The van der Waals surface area contributed by atoms with Gasteiger partial charge in [-0.15, -0.1) is 0 Å². The summed E-state index contributed by atoms with van der Waals surface area (Å²) < 4.78 is 0. The van der Waals surface area contributed by atoms with E-state index in [0.29, 0.717) is 13.0 Å². The fourth-order valence-corrected chi connectivity index (χ4v) is 3.55. The van der Waals surface area contributed by atoms with Crippen LogP contribution in [0.4, 0.5) is 0 Å². The van der Waals surface area contributed by atoms with Crippen LogP contribution in [-0.2, 0) is 4.79 Å². The van der Waals surface area contributed by atoms with Crippen LogP contribution in [0.25, 0.3) is 0 Å². The molecule has 0 spiro atoms. The highest BCUT2D eigenvalue weighted by Crippen LogP contribution is 2.25. The second kappa shape index (κ2) is 9.43. The third-order valence-corrected chi connectivity index (χ3v) is 5.16. The predicted octanol–water partition coefficient (Wildman–Crippen LogP) is 3.74. The number of nitrogens with one attached hydrogen (secondary N) is 1. The molecule has 0 aromatic heterocycles. The molecule has 0 saturated carbocycles. The predicted molar refractivity (Wildman–Crippen MR) is 95.6 cm³/mol. The number of nitrogens with zero attached hydrogens (tertiary/aromatic N) is 1. The quantitative estimate of drug-likeness (QED) is 0.732. The van der Waals surface area contributed by atoms with Gasteiger partial charge in [-0.25, -0.2) is 0 Å². The molecule has 22 heavy (non-hydrogen) atoms. The number of amides is 1. The summed E-state index contributed by atoms with van der Waals surface area (Å²) in [6, 6.07) is 8.26. The number of carbonyl (C=O) groups excluding carboxylic acids is 1. The molecule has 1 N–H and O–H groups in total. The fourth-order valence-electron chi connectivity index (χ4n) is 2.80. The van der Waals surface area contributed by atoms with Gasteiger partial charge in [-0.05, 0) is 49.4 Å². The Morgan fingerprint density at radius 2 is 2.00 bits per heavy atom. The Labute approximate surface area is 142 Å². The molecule has 1 saturated heterocycles. The fraction of sp³-hybridized carbons (Fsp3) is 0.588. The Morgan fingerprint density at radius 3 is 2.64 bits per heavy atom. The van der Waals surface area contributed by atoms with Gasteiger partial charge in [-0.3, -0.25) is 9.69 Å². The zero-order valence-corrected chi connectivity index (χ0v) is 14.8. The largest absolute Gasteiger partial charge is 0.354 e. The third kappa shape index (κ3) is 5.49. The molecule has 1 unspecified atom stereocenters. The molecule has 5 heteroatoms. The van der Waals surface area contributed by atoms with Crippen molar-refractivity contribution in [2.24, 2.45) is 0 Å². The van der Waals surface area contributed by atoms with E-state index in [1.807, 2.05) is 23.9 Å². The highest BCUT2D eigenvalue weighted by molar-refractivity contribution is 7.99. The van der Waals surface area contributed by atoms with Gasteiger partial charge in [0.1, 0.15) is 0 Å². The third-order valence-electron chi connectivity index (χ3n) is 4.01. The van der Waals surface area contributed by atoms with E-state index in [4.69, 9.17) is 11.6 Å². The minimum absolute atomic E-state index is 0.152. The van der Waals surface area contributed by atoms with Crippen molar-refractivity contribution in [1.29, 1.82) is 0 Å². The molecule has 1 atom stereocenters. The number of benzene rings is 1. The highest BCUT2D eigenvalue weighted by atomic mass is 35.5. The second-order valence-electron chi connectivity index (χ2n) is 5.56. The van der Waals surface area contributed by atoms with E-state index in [0.717, 1.165) is 29.6 Å². The van der Waals surface area contributed by atoms with E-state index >= 15 is 0 Å². The van der Waals surface area contributed by atoms with Gasteiger partial charge in [-0.2, -0.15) is 11.8 Å². The summed E-state index contributed by atoms with van der Waals surface area (Å²) in [4.78, 5) is 14.4. The van der Waals surface area contributed by atoms with Crippen molar-refractivity contribution in [2.75, 3.05) is 31.1 Å². The lowest BCUT2D eigenvalue weighted by Gasteiger charge is -2.28. The molecular formula is C17H25ClN2OS. The van der Waals surface area contributed by atoms with Crippen molar-refractivity contribution < 1.29 is 4.79 Å². The minimum Gasteiger partial charge on any atom is -0.354 e. The lowest BCUT2D eigenvalue weighted by molar-refractivity contribution is -0.120. The van der Waals surface area contributed by atoms with E-state index in [1.54, 1.807) is 0 Å². The summed E-state index contributed by atoms with van der Waals surface area (Å²) in [6.45, 7) is 5.01. The molecule has 1 heterocycles. The van der Waals surface area contributed by atoms with Gasteiger partial charge in [0.05, 0.1) is 6.04 Å². The number of hydrogen-bond acceptors (Lipinski definition) is 3. The molecule has 122 valence electrons. The van der Waals surface area contributed by atoms with Crippen LogP contribution in [0.3, 0.4) is 0 Å². The molecule has 2 rings (SSSR count). The molecular weight excluding hydrogens is 316 g/mol. The van der Waals surface area contributed by atoms with Gasteiger partial charge in [0.25, 0.3) is 0 Å². The SMILES string of the molecule is CCSCCC(=O)NCC(c1ccc(Cl)cc1)N1CCCC1. The Balaban J connectivity index is 1.93. The summed E-state index contributed by atoms with van der Waals surface area (Å²) in [6.07, 6.45) is 3.09. The Morgan fingerprint density at radius 1 is 1.32 bits per heavy atom. The van der Waals surface area contributed by atoms with Crippen LogP contribution >= 0.6 is 23.4 Å². The molecule has 0 radical (unpaired) electrons. The maximum atomic E-state index is 12.0. The molecule has 0 aliphatic carbocycles. The zero-order chi connectivity index (χ0) is 15.8. The molecule has 3 nitrogen and oxygen atoms in total. The van der Waals surface area contributed by atoms with Crippen molar-refractivity contribution in [2.45, 2.75) is 32.2 Å². The maximum absolute atomic E-state index is 12.0. The summed E-state index contributed by atoms with van der Waals surface area (Å²) in [5.74, 6) is 2.12. The molecule has 1 amide bonds. The standard InChI is InChI=1S/C17H25ClN2OS/c1-2-22-12-9-17(21)19-13-16(20-10-3-4-11-20)14-5-7-15(18)8-6-14/h5-8,16H,2-4,9-13H2,1H3,(H,19,21). The van der Waals surface area contributed by atoms with Gasteiger partial charge < -0.3 is 5.32 Å². The van der Waals surface area contributed by atoms with Gasteiger partial charge in [-0.1, -0.05) is 30.7 Å². The van der Waals surface area contributed by atoms with E-state index in [9.17, 15) is 4.79 Å². The van der Waals surface area contributed by atoms with Crippen molar-refractivity contribution in [3.63, 3.8) is 0 Å². The maximum Gasteiger partial charge on any atom is 0.220 e. The molecule has 1 aromatic carbocycles. The average molecular weight is 341 g/mol. The van der Waals surface area contributed by atoms with Crippen LogP contribution in [0.2, 0.25) is 5.02 Å². The first-order chi connectivity index (χ1) is 10.7. The van der Waals surface area contributed by atoms with Crippen molar-refractivity contribution >= 4 is 29.3 Å². The number of hydrogen-bond donors (Lipinski definition) is 1. The number of carbonyl (C=O) groups is 1. The highest BCUT2D eigenvalue weighted by Gasteiger charge is 2.23. The second-order valence-corrected chi connectivity index (χ2v) is 7.39. The summed E-state index contributed by atoms with van der Waals surface area (Å²) in [7, 11) is 0. The van der Waals surface area contributed by atoms with E-state index in [-0.39, 0.29) is 11.9 Å². The molecule has 1 aliphatic heterocycles. The number of thioether (sulfide) groups is 1. The number of halogens is 1. The van der Waals surface area contributed by atoms with Gasteiger partial charge in [0.2, 0.25) is 5.91 Å².